The molecule has 120 valence electrons. The van der Waals surface area contributed by atoms with E-state index in [-0.39, 0.29) is 24.6 Å². The number of fused-ring (bicyclic) bond motifs is 1. The molecule has 2 rings (SSSR count). The van der Waals surface area contributed by atoms with Crippen LogP contribution in [0.4, 0.5) is 0 Å². The molecule has 0 aliphatic heterocycles. The lowest BCUT2D eigenvalue weighted by atomic mass is 10.2. The van der Waals surface area contributed by atoms with Crippen LogP contribution in [-0.4, -0.2) is 36.5 Å². The van der Waals surface area contributed by atoms with Crippen LogP contribution in [0.1, 0.15) is 23.9 Å². The summed E-state index contributed by atoms with van der Waals surface area (Å²) in [5.74, 6) is -1.11. The van der Waals surface area contributed by atoms with E-state index in [9.17, 15) is 9.59 Å². The Morgan fingerprint density at radius 3 is 2.87 bits per heavy atom. The number of hydrogen-bond acceptors (Lipinski definition) is 5. The van der Waals surface area contributed by atoms with Gasteiger partial charge in [0, 0.05) is 24.0 Å². The first kappa shape index (κ1) is 16.8. The molecule has 0 saturated carbocycles. The molecule has 0 bridgehead atoms. The summed E-state index contributed by atoms with van der Waals surface area (Å²) >= 11 is 5.88. The van der Waals surface area contributed by atoms with Crippen molar-refractivity contribution in [2.45, 2.75) is 19.4 Å². The predicted molar refractivity (Wildman–Crippen MR) is 84.0 cm³/mol. The van der Waals surface area contributed by atoms with E-state index in [4.69, 9.17) is 26.0 Å². The summed E-state index contributed by atoms with van der Waals surface area (Å²) in [4.78, 5) is 25.4. The molecule has 6 nitrogen and oxygen atoms in total. The molecular formula is C16H15ClN2O4. The molecule has 1 heterocycles. The fourth-order valence-electron chi connectivity index (χ4n) is 2.02. The Kier molecular flexibility index (Phi) is 5.24. The summed E-state index contributed by atoms with van der Waals surface area (Å²) in [6, 6.07) is 8.44. The Morgan fingerprint density at radius 1 is 1.43 bits per heavy atom. The van der Waals surface area contributed by atoms with Crippen LogP contribution in [0.2, 0.25) is 5.02 Å². The Labute approximate surface area is 138 Å². The Morgan fingerprint density at radius 2 is 2.17 bits per heavy atom. The molecule has 1 amide bonds. The second kappa shape index (κ2) is 7.16. The number of rotatable bonds is 5. The maximum atomic E-state index is 12.1. The number of carbonyl (C=O) groups is 2. The van der Waals surface area contributed by atoms with Crippen LogP contribution in [0.15, 0.2) is 28.7 Å². The standard InChI is InChI=1S/C16H15ClN2O4/c1-10(15(20)19(2)7-3-6-18)22-16(21)14-9-11-8-12(17)4-5-13(11)23-14/h4-5,8-10H,3,7H2,1-2H3/t10-/m0/s1. The molecule has 1 aromatic heterocycles. The number of halogens is 1. The van der Waals surface area contributed by atoms with Crippen molar-refractivity contribution in [3.05, 3.63) is 35.0 Å². The summed E-state index contributed by atoms with van der Waals surface area (Å²) in [6.07, 6.45) is -0.754. The molecule has 0 unspecified atom stereocenters. The van der Waals surface area contributed by atoms with Crippen molar-refractivity contribution in [1.29, 1.82) is 5.26 Å². The van der Waals surface area contributed by atoms with Gasteiger partial charge in [0.1, 0.15) is 5.58 Å². The van der Waals surface area contributed by atoms with Gasteiger partial charge in [-0.3, -0.25) is 4.79 Å². The fraction of sp³-hybridized carbons (Fsp3) is 0.312. The molecule has 1 atom stereocenters. The van der Waals surface area contributed by atoms with E-state index < -0.39 is 12.1 Å². The van der Waals surface area contributed by atoms with Crippen LogP contribution in [0.25, 0.3) is 11.0 Å². The second-order valence-corrected chi connectivity index (χ2v) is 5.44. The van der Waals surface area contributed by atoms with E-state index in [1.165, 1.54) is 17.9 Å². The first-order valence-corrected chi connectivity index (χ1v) is 7.32. The highest BCUT2D eigenvalue weighted by Crippen LogP contribution is 2.23. The minimum atomic E-state index is -0.969. The average Bonchev–Trinajstić information content (AvgIpc) is 2.94. The maximum absolute atomic E-state index is 12.1. The van der Waals surface area contributed by atoms with Crippen molar-refractivity contribution in [1.82, 2.24) is 4.90 Å². The SMILES string of the molecule is C[C@H](OC(=O)c1cc2cc(Cl)ccc2o1)C(=O)N(C)CCC#N. The average molecular weight is 335 g/mol. The molecule has 0 saturated heterocycles. The quantitative estimate of drug-likeness (QED) is 0.785. The van der Waals surface area contributed by atoms with E-state index in [1.54, 1.807) is 25.2 Å². The first-order valence-electron chi connectivity index (χ1n) is 6.94. The van der Waals surface area contributed by atoms with Gasteiger partial charge in [-0.05, 0) is 31.2 Å². The van der Waals surface area contributed by atoms with Crippen LogP contribution in [-0.2, 0) is 9.53 Å². The summed E-state index contributed by atoms with van der Waals surface area (Å²) in [7, 11) is 1.55. The van der Waals surface area contributed by atoms with Crippen molar-refractivity contribution in [3.63, 3.8) is 0 Å². The predicted octanol–water partition coefficient (Wildman–Crippen LogP) is 3.00. The lowest BCUT2D eigenvalue weighted by molar-refractivity contribution is -0.138. The Hall–Kier alpha value is -2.52. The molecule has 0 spiro atoms. The third-order valence-electron chi connectivity index (χ3n) is 3.25. The normalized spacial score (nSPS) is 11.7. The highest BCUT2D eigenvalue weighted by molar-refractivity contribution is 6.31. The van der Waals surface area contributed by atoms with Crippen LogP contribution >= 0.6 is 11.6 Å². The number of likely N-dealkylation sites (N-methyl/N-ethyl adjacent to an activating group) is 1. The van der Waals surface area contributed by atoms with Crippen molar-refractivity contribution in [3.8, 4) is 6.07 Å². The number of nitriles is 1. The Balaban J connectivity index is 2.05. The zero-order valence-electron chi connectivity index (χ0n) is 12.7. The number of amides is 1. The fourth-order valence-corrected chi connectivity index (χ4v) is 2.20. The number of ether oxygens (including phenoxy) is 1. The molecule has 23 heavy (non-hydrogen) atoms. The molecule has 0 aliphatic rings. The monoisotopic (exact) mass is 334 g/mol. The van der Waals surface area contributed by atoms with Crippen molar-refractivity contribution in [2.75, 3.05) is 13.6 Å². The molecule has 1 aromatic carbocycles. The molecule has 2 aromatic rings. The largest absolute Gasteiger partial charge is 0.449 e. The molecule has 7 heteroatoms. The van der Waals surface area contributed by atoms with Crippen LogP contribution in [0, 0.1) is 11.3 Å². The van der Waals surface area contributed by atoms with Gasteiger partial charge < -0.3 is 14.1 Å². The Bertz CT molecular complexity index is 778. The molecule has 0 aliphatic carbocycles. The number of carbonyl (C=O) groups excluding carboxylic acids is 2. The van der Waals surface area contributed by atoms with Gasteiger partial charge in [-0.15, -0.1) is 0 Å². The summed E-state index contributed by atoms with van der Waals surface area (Å²) in [5.41, 5.74) is 0.506. The zero-order valence-corrected chi connectivity index (χ0v) is 13.5. The zero-order chi connectivity index (χ0) is 17.0. The summed E-state index contributed by atoms with van der Waals surface area (Å²) < 4.78 is 10.5. The van der Waals surface area contributed by atoms with E-state index in [2.05, 4.69) is 0 Å². The minimum Gasteiger partial charge on any atom is -0.449 e. The molecular weight excluding hydrogens is 320 g/mol. The highest BCUT2D eigenvalue weighted by atomic mass is 35.5. The van der Waals surface area contributed by atoms with Gasteiger partial charge >= 0.3 is 5.97 Å². The smallest absolute Gasteiger partial charge is 0.375 e. The number of hydrogen-bond donors (Lipinski definition) is 0. The van der Waals surface area contributed by atoms with Crippen LogP contribution in [0.3, 0.4) is 0 Å². The van der Waals surface area contributed by atoms with E-state index in [1.807, 2.05) is 6.07 Å². The van der Waals surface area contributed by atoms with Gasteiger partial charge in [0.25, 0.3) is 5.91 Å². The van der Waals surface area contributed by atoms with Crippen molar-refractivity contribution < 1.29 is 18.7 Å². The van der Waals surface area contributed by atoms with Gasteiger partial charge in [0.15, 0.2) is 6.10 Å². The number of esters is 1. The number of benzene rings is 1. The van der Waals surface area contributed by atoms with Crippen LogP contribution < -0.4 is 0 Å². The second-order valence-electron chi connectivity index (χ2n) is 5.01. The number of furan rings is 1. The summed E-state index contributed by atoms with van der Waals surface area (Å²) in [5, 5.41) is 9.73. The van der Waals surface area contributed by atoms with E-state index >= 15 is 0 Å². The van der Waals surface area contributed by atoms with Crippen molar-refractivity contribution >= 4 is 34.4 Å². The van der Waals surface area contributed by atoms with E-state index in [0.717, 1.165) is 0 Å². The number of nitrogens with zero attached hydrogens (tertiary/aromatic N) is 2. The third-order valence-corrected chi connectivity index (χ3v) is 3.48. The first-order chi connectivity index (χ1) is 10.9. The van der Waals surface area contributed by atoms with Crippen molar-refractivity contribution in [2.24, 2.45) is 0 Å². The highest BCUT2D eigenvalue weighted by Gasteiger charge is 2.23. The van der Waals surface area contributed by atoms with Gasteiger partial charge in [-0.25, -0.2) is 4.79 Å². The van der Waals surface area contributed by atoms with Gasteiger partial charge in [0.05, 0.1) is 12.5 Å². The topological polar surface area (TPSA) is 83.5 Å². The lowest BCUT2D eigenvalue weighted by Crippen LogP contribution is -2.37. The van der Waals surface area contributed by atoms with Gasteiger partial charge in [-0.1, -0.05) is 11.6 Å². The molecule has 0 radical (unpaired) electrons. The van der Waals surface area contributed by atoms with Gasteiger partial charge in [-0.2, -0.15) is 5.26 Å². The van der Waals surface area contributed by atoms with E-state index in [0.29, 0.717) is 16.0 Å². The maximum Gasteiger partial charge on any atom is 0.375 e. The lowest BCUT2D eigenvalue weighted by Gasteiger charge is -2.19. The van der Waals surface area contributed by atoms with Crippen LogP contribution in [0.5, 0.6) is 0 Å². The molecule has 0 fully saturated rings. The summed E-state index contributed by atoms with van der Waals surface area (Å²) in [6.45, 7) is 1.75. The minimum absolute atomic E-state index is 0.00148. The third kappa shape index (κ3) is 4.02. The van der Waals surface area contributed by atoms with Gasteiger partial charge in [0.2, 0.25) is 5.76 Å². The molecule has 0 N–H and O–H groups in total.